The van der Waals surface area contributed by atoms with Crippen molar-refractivity contribution >= 4 is 16.8 Å². The number of hydrogen-bond acceptors (Lipinski definition) is 4. The third-order valence-electron chi connectivity index (χ3n) is 3.86. The molecule has 2 aromatic carbocycles. The summed E-state index contributed by atoms with van der Waals surface area (Å²) >= 11 is 0. The molecule has 6 heteroatoms. The summed E-state index contributed by atoms with van der Waals surface area (Å²) in [4.78, 5) is 20.5. The zero-order valence-corrected chi connectivity index (χ0v) is 13.8. The van der Waals surface area contributed by atoms with Gasteiger partial charge in [0.05, 0.1) is 16.9 Å². The lowest BCUT2D eigenvalue weighted by atomic mass is 10.0. The molecule has 128 valence electrons. The van der Waals surface area contributed by atoms with Gasteiger partial charge in [-0.15, -0.1) is 0 Å². The predicted octanol–water partition coefficient (Wildman–Crippen LogP) is 3.42. The van der Waals surface area contributed by atoms with Crippen LogP contribution >= 0.6 is 0 Å². The van der Waals surface area contributed by atoms with E-state index in [4.69, 9.17) is 4.74 Å². The summed E-state index contributed by atoms with van der Waals surface area (Å²) in [5, 5.41) is 3.64. The van der Waals surface area contributed by atoms with Crippen LogP contribution in [0.25, 0.3) is 10.9 Å². The Balaban J connectivity index is 1.64. The van der Waals surface area contributed by atoms with Crippen molar-refractivity contribution in [3.8, 4) is 5.88 Å². The minimum absolute atomic E-state index is 0.154. The summed E-state index contributed by atoms with van der Waals surface area (Å²) in [7, 11) is 0. The molecule has 1 aromatic heterocycles. The van der Waals surface area contributed by atoms with Gasteiger partial charge in [0.25, 0.3) is 5.91 Å². The molecule has 0 saturated carbocycles. The quantitative estimate of drug-likeness (QED) is 0.747. The van der Waals surface area contributed by atoms with E-state index in [0.717, 1.165) is 16.5 Å². The van der Waals surface area contributed by atoms with Gasteiger partial charge in [-0.2, -0.15) is 0 Å². The van der Waals surface area contributed by atoms with E-state index in [-0.39, 0.29) is 24.4 Å². The average Bonchev–Trinajstić information content (AvgIpc) is 2.65. The summed E-state index contributed by atoms with van der Waals surface area (Å²) in [6.07, 6.45) is 2.09. The summed E-state index contributed by atoms with van der Waals surface area (Å²) < 4.78 is 18.6. The number of fused-ring (bicyclic) bond motifs is 1. The van der Waals surface area contributed by atoms with E-state index in [2.05, 4.69) is 15.3 Å². The van der Waals surface area contributed by atoms with Crippen LogP contribution in [0.5, 0.6) is 5.88 Å². The normalized spacial score (nSPS) is 11.9. The third-order valence-corrected chi connectivity index (χ3v) is 3.86. The van der Waals surface area contributed by atoms with E-state index in [9.17, 15) is 9.18 Å². The zero-order valence-electron chi connectivity index (χ0n) is 13.8. The number of aromatic nitrogens is 2. The zero-order chi connectivity index (χ0) is 17.6. The highest BCUT2D eigenvalue weighted by atomic mass is 19.1. The van der Waals surface area contributed by atoms with E-state index in [1.807, 2.05) is 31.2 Å². The molecule has 0 unspecified atom stereocenters. The highest BCUT2D eigenvalue weighted by Crippen LogP contribution is 2.21. The minimum atomic E-state index is -0.302. The van der Waals surface area contributed by atoms with Crippen molar-refractivity contribution in [1.82, 2.24) is 15.3 Å². The maximum atomic E-state index is 13.0. The first-order valence-electron chi connectivity index (χ1n) is 8.04. The largest absolute Gasteiger partial charge is 0.467 e. The lowest BCUT2D eigenvalue weighted by Crippen LogP contribution is -2.32. The Bertz CT molecular complexity index is 863. The first-order valence-corrected chi connectivity index (χ1v) is 8.04. The highest BCUT2D eigenvalue weighted by Gasteiger charge is 2.14. The van der Waals surface area contributed by atoms with Crippen LogP contribution in [0.2, 0.25) is 0 Å². The van der Waals surface area contributed by atoms with Crippen molar-refractivity contribution in [2.45, 2.75) is 19.4 Å². The standard InChI is InChI=1S/C19H18FN3O2/c1-2-16(13-7-9-14(20)10-8-13)23-18(24)11-25-19-15-5-3-4-6-17(15)21-12-22-19/h3-10,12,16H,2,11H2,1H3,(H,23,24)/t16-/m0/s1. The maximum Gasteiger partial charge on any atom is 0.258 e. The van der Waals surface area contributed by atoms with E-state index >= 15 is 0 Å². The molecule has 0 aliphatic carbocycles. The van der Waals surface area contributed by atoms with Crippen molar-refractivity contribution in [2.24, 2.45) is 0 Å². The van der Waals surface area contributed by atoms with E-state index in [0.29, 0.717) is 12.3 Å². The van der Waals surface area contributed by atoms with Crippen molar-refractivity contribution in [3.63, 3.8) is 0 Å². The molecule has 3 aromatic rings. The molecular formula is C19H18FN3O2. The van der Waals surface area contributed by atoms with Gasteiger partial charge in [0.2, 0.25) is 5.88 Å². The second-order valence-electron chi connectivity index (χ2n) is 5.56. The second kappa shape index (κ2) is 7.70. The fourth-order valence-electron chi connectivity index (χ4n) is 2.58. The number of halogens is 1. The molecule has 0 aliphatic rings. The Hall–Kier alpha value is -3.02. The minimum Gasteiger partial charge on any atom is -0.467 e. The fraction of sp³-hybridized carbons (Fsp3) is 0.211. The molecular weight excluding hydrogens is 321 g/mol. The fourth-order valence-corrected chi connectivity index (χ4v) is 2.58. The summed E-state index contributed by atoms with van der Waals surface area (Å²) in [5.74, 6) is -0.196. The van der Waals surface area contributed by atoms with Crippen molar-refractivity contribution < 1.29 is 13.9 Å². The van der Waals surface area contributed by atoms with Crippen LogP contribution in [0.4, 0.5) is 4.39 Å². The Kier molecular flexibility index (Phi) is 5.18. The third kappa shape index (κ3) is 4.09. The van der Waals surface area contributed by atoms with Crippen LogP contribution in [-0.2, 0) is 4.79 Å². The lowest BCUT2D eigenvalue weighted by molar-refractivity contribution is -0.123. The Morgan fingerprint density at radius 1 is 1.16 bits per heavy atom. The summed E-state index contributed by atoms with van der Waals surface area (Å²) in [6, 6.07) is 13.3. The van der Waals surface area contributed by atoms with Crippen molar-refractivity contribution in [3.05, 3.63) is 66.2 Å². The van der Waals surface area contributed by atoms with Crippen LogP contribution in [0.1, 0.15) is 24.9 Å². The first-order chi connectivity index (χ1) is 12.2. The van der Waals surface area contributed by atoms with Gasteiger partial charge in [0, 0.05) is 0 Å². The number of carbonyl (C=O) groups is 1. The average molecular weight is 339 g/mol. The molecule has 1 amide bonds. The van der Waals surface area contributed by atoms with E-state index in [1.54, 1.807) is 12.1 Å². The molecule has 0 fully saturated rings. The molecule has 3 rings (SSSR count). The number of carbonyl (C=O) groups excluding carboxylic acids is 1. The Labute approximate surface area is 144 Å². The summed E-state index contributed by atoms with van der Waals surface area (Å²) in [5.41, 5.74) is 1.61. The van der Waals surface area contributed by atoms with E-state index in [1.165, 1.54) is 18.5 Å². The van der Waals surface area contributed by atoms with Crippen LogP contribution < -0.4 is 10.1 Å². The van der Waals surface area contributed by atoms with Crippen LogP contribution in [0.3, 0.4) is 0 Å². The number of nitrogens with zero attached hydrogens (tertiary/aromatic N) is 2. The highest BCUT2D eigenvalue weighted by molar-refractivity contribution is 5.84. The first kappa shape index (κ1) is 16.8. The number of ether oxygens (including phenoxy) is 1. The molecule has 0 bridgehead atoms. The number of amides is 1. The van der Waals surface area contributed by atoms with Gasteiger partial charge in [-0.25, -0.2) is 14.4 Å². The van der Waals surface area contributed by atoms with Gasteiger partial charge < -0.3 is 10.1 Å². The van der Waals surface area contributed by atoms with Gasteiger partial charge in [0.1, 0.15) is 12.1 Å². The molecule has 0 radical (unpaired) electrons. The van der Waals surface area contributed by atoms with Gasteiger partial charge in [-0.05, 0) is 36.2 Å². The monoisotopic (exact) mass is 339 g/mol. The molecule has 0 aliphatic heterocycles. The molecule has 5 nitrogen and oxygen atoms in total. The molecule has 1 heterocycles. The second-order valence-corrected chi connectivity index (χ2v) is 5.56. The number of rotatable bonds is 6. The Morgan fingerprint density at radius 2 is 1.92 bits per heavy atom. The van der Waals surface area contributed by atoms with Crippen molar-refractivity contribution in [2.75, 3.05) is 6.61 Å². The predicted molar refractivity (Wildman–Crippen MR) is 92.6 cm³/mol. The molecule has 25 heavy (non-hydrogen) atoms. The lowest BCUT2D eigenvalue weighted by Gasteiger charge is -2.17. The topological polar surface area (TPSA) is 64.1 Å². The molecule has 1 N–H and O–H groups in total. The number of benzene rings is 2. The van der Waals surface area contributed by atoms with Gasteiger partial charge in [-0.3, -0.25) is 4.79 Å². The molecule has 0 saturated heterocycles. The number of nitrogens with one attached hydrogen (secondary N) is 1. The van der Waals surface area contributed by atoms with Gasteiger partial charge in [0.15, 0.2) is 6.61 Å². The number of hydrogen-bond donors (Lipinski definition) is 1. The van der Waals surface area contributed by atoms with Gasteiger partial charge in [-0.1, -0.05) is 31.2 Å². The smallest absolute Gasteiger partial charge is 0.258 e. The molecule has 0 spiro atoms. The van der Waals surface area contributed by atoms with Crippen LogP contribution in [0.15, 0.2) is 54.9 Å². The van der Waals surface area contributed by atoms with Gasteiger partial charge >= 0.3 is 0 Å². The maximum absolute atomic E-state index is 13.0. The SMILES string of the molecule is CC[C@H](NC(=O)COc1ncnc2ccccc12)c1ccc(F)cc1. The molecule has 1 atom stereocenters. The van der Waals surface area contributed by atoms with E-state index < -0.39 is 0 Å². The van der Waals surface area contributed by atoms with Crippen molar-refractivity contribution in [1.29, 1.82) is 0 Å². The van der Waals surface area contributed by atoms with Crippen LogP contribution in [0, 0.1) is 5.82 Å². The van der Waals surface area contributed by atoms with Crippen LogP contribution in [-0.4, -0.2) is 22.5 Å². The summed E-state index contributed by atoms with van der Waals surface area (Å²) in [6.45, 7) is 1.80. The number of para-hydroxylation sites is 1. The Morgan fingerprint density at radius 3 is 2.68 bits per heavy atom.